The maximum absolute atomic E-state index is 10.3. The number of allylic oxidation sites excluding steroid dienone is 2. The van der Waals surface area contributed by atoms with Crippen LogP contribution >= 0.6 is 0 Å². The number of hydrogen-bond acceptors (Lipinski definition) is 1. The van der Waals surface area contributed by atoms with Crippen molar-refractivity contribution in [3.8, 4) is 0 Å². The number of rotatable bonds is 13. The number of hydrogen-bond donors (Lipinski definition) is 1. The van der Waals surface area contributed by atoms with Gasteiger partial charge in [0.15, 0.2) is 0 Å². The summed E-state index contributed by atoms with van der Waals surface area (Å²) in [6.45, 7) is 2.25. The van der Waals surface area contributed by atoms with Crippen LogP contribution in [0.1, 0.15) is 84.0 Å². The van der Waals surface area contributed by atoms with Gasteiger partial charge in [0.2, 0.25) is 0 Å². The van der Waals surface area contributed by atoms with Gasteiger partial charge >= 0.3 is 5.97 Å². The molecule has 0 heterocycles. The van der Waals surface area contributed by atoms with Crippen molar-refractivity contribution in [1.29, 1.82) is 0 Å². The molecule has 0 aliphatic heterocycles. The number of carboxylic acids is 1. The van der Waals surface area contributed by atoms with E-state index < -0.39 is 5.97 Å². The zero-order valence-electron chi connectivity index (χ0n) is 12.0. The molecule has 0 rings (SSSR count). The minimum Gasteiger partial charge on any atom is -0.481 e. The molecule has 0 spiro atoms. The van der Waals surface area contributed by atoms with Crippen LogP contribution < -0.4 is 0 Å². The topological polar surface area (TPSA) is 37.3 Å². The molecule has 0 bridgehead atoms. The van der Waals surface area contributed by atoms with Crippen LogP contribution in [0.3, 0.4) is 0 Å². The first-order valence-electron chi connectivity index (χ1n) is 7.64. The molecule has 0 aromatic carbocycles. The first-order valence-corrected chi connectivity index (χ1v) is 7.64. The van der Waals surface area contributed by atoms with Gasteiger partial charge in [0.1, 0.15) is 0 Å². The lowest BCUT2D eigenvalue weighted by molar-refractivity contribution is -0.137. The van der Waals surface area contributed by atoms with E-state index in [1.54, 1.807) is 0 Å². The van der Waals surface area contributed by atoms with Gasteiger partial charge in [-0.2, -0.15) is 0 Å². The zero-order valence-corrected chi connectivity index (χ0v) is 12.0. The van der Waals surface area contributed by atoms with Crippen molar-refractivity contribution in [3.05, 3.63) is 12.2 Å². The number of carbonyl (C=O) groups is 1. The van der Waals surface area contributed by atoms with E-state index in [4.69, 9.17) is 5.11 Å². The van der Waals surface area contributed by atoms with E-state index in [2.05, 4.69) is 19.1 Å². The lowest BCUT2D eigenvalue weighted by atomic mass is 10.1. The quantitative estimate of drug-likeness (QED) is 0.356. The number of unbranched alkanes of at least 4 members (excludes halogenated alkanes) is 9. The molecular formula is C16H30O2. The second-order valence-corrected chi connectivity index (χ2v) is 5.02. The molecule has 0 saturated heterocycles. The molecule has 1 N–H and O–H groups in total. The minimum absolute atomic E-state index is 0.327. The second-order valence-electron chi connectivity index (χ2n) is 5.02. The van der Waals surface area contributed by atoms with Crippen molar-refractivity contribution in [2.45, 2.75) is 84.0 Å². The van der Waals surface area contributed by atoms with Gasteiger partial charge in [0.05, 0.1) is 0 Å². The van der Waals surface area contributed by atoms with E-state index in [-0.39, 0.29) is 0 Å². The van der Waals surface area contributed by atoms with E-state index in [1.807, 2.05) is 0 Å². The largest absolute Gasteiger partial charge is 0.481 e. The van der Waals surface area contributed by atoms with Gasteiger partial charge in [-0.1, -0.05) is 57.6 Å². The molecule has 0 atom stereocenters. The second kappa shape index (κ2) is 14.3. The van der Waals surface area contributed by atoms with Crippen LogP contribution in [0, 0.1) is 0 Å². The third-order valence-electron chi connectivity index (χ3n) is 3.15. The summed E-state index contributed by atoms with van der Waals surface area (Å²) < 4.78 is 0. The average Bonchev–Trinajstić information content (AvgIpc) is 2.34. The Kier molecular flexibility index (Phi) is 13.6. The van der Waals surface area contributed by atoms with Crippen LogP contribution in [-0.2, 0) is 4.79 Å². The van der Waals surface area contributed by atoms with Crippen molar-refractivity contribution >= 4 is 5.97 Å². The molecule has 0 radical (unpaired) electrons. The van der Waals surface area contributed by atoms with Crippen LogP contribution in [0.2, 0.25) is 0 Å². The molecule has 0 aromatic heterocycles. The molecule has 0 saturated carbocycles. The summed E-state index contributed by atoms with van der Waals surface area (Å²) in [4.78, 5) is 10.3. The molecule has 2 heteroatoms. The summed E-state index contributed by atoms with van der Waals surface area (Å²) in [7, 11) is 0. The molecule has 0 aliphatic carbocycles. The fourth-order valence-corrected chi connectivity index (χ4v) is 1.99. The standard InChI is InChI=1S/C16H30O2/c1-2-3-4-5-6-7-8-9-10-11-12-13-14-15-16(17)18/h8-9H,2-7,10-15H2,1H3,(H,17,18). The first kappa shape index (κ1) is 17.2. The maximum Gasteiger partial charge on any atom is 0.303 e. The highest BCUT2D eigenvalue weighted by Gasteiger charge is 1.95. The molecule has 0 aliphatic rings. The van der Waals surface area contributed by atoms with Crippen LogP contribution in [0.25, 0.3) is 0 Å². The SMILES string of the molecule is CCCCCCCC=CCCCCCCC(=O)O. The van der Waals surface area contributed by atoms with E-state index in [9.17, 15) is 4.79 Å². The molecule has 2 nitrogen and oxygen atoms in total. The molecule has 0 unspecified atom stereocenters. The van der Waals surface area contributed by atoms with Gasteiger partial charge < -0.3 is 5.11 Å². The van der Waals surface area contributed by atoms with E-state index >= 15 is 0 Å². The van der Waals surface area contributed by atoms with Crippen LogP contribution in [0.4, 0.5) is 0 Å². The van der Waals surface area contributed by atoms with Gasteiger partial charge in [-0.05, 0) is 32.1 Å². The van der Waals surface area contributed by atoms with Crippen LogP contribution in [0.15, 0.2) is 12.2 Å². The summed E-state index contributed by atoms with van der Waals surface area (Å²) in [5, 5.41) is 8.48. The Balaban J connectivity index is 3.06. The van der Waals surface area contributed by atoms with Crippen molar-refractivity contribution in [2.75, 3.05) is 0 Å². The van der Waals surface area contributed by atoms with Crippen LogP contribution in [0.5, 0.6) is 0 Å². The molecule has 0 aromatic rings. The average molecular weight is 254 g/mol. The normalized spacial score (nSPS) is 11.2. The summed E-state index contributed by atoms with van der Waals surface area (Å²) in [5.74, 6) is -0.669. The van der Waals surface area contributed by atoms with Gasteiger partial charge in [-0.3, -0.25) is 4.79 Å². The summed E-state index contributed by atoms with van der Waals surface area (Å²) in [5.41, 5.74) is 0. The first-order chi connectivity index (χ1) is 8.77. The molecule has 0 fully saturated rings. The minimum atomic E-state index is -0.669. The van der Waals surface area contributed by atoms with Crippen molar-refractivity contribution < 1.29 is 9.90 Å². The Morgan fingerprint density at radius 2 is 1.33 bits per heavy atom. The van der Waals surface area contributed by atoms with Crippen LogP contribution in [-0.4, -0.2) is 11.1 Å². The monoisotopic (exact) mass is 254 g/mol. The van der Waals surface area contributed by atoms with Crippen molar-refractivity contribution in [3.63, 3.8) is 0 Å². The van der Waals surface area contributed by atoms with E-state index in [0.29, 0.717) is 6.42 Å². The maximum atomic E-state index is 10.3. The van der Waals surface area contributed by atoms with E-state index in [1.165, 1.54) is 44.9 Å². The smallest absolute Gasteiger partial charge is 0.303 e. The number of aliphatic carboxylic acids is 1. The summed E-state index contributed by atoms with van der Waals surface area (Å²) in [6, 6.07) is 0. The van der Waals surface area contributed by atoms with Crippen molar-refractivity contribution in [1.82, 2.24) is 0 Å². The van der Waals surface area contributed by atoms with Gasteiger partial charge in [-0.25, -0.2) is 0 Å². The van der Waals surface area contributed by atoms with Gasteiger partial charge in [0.25, 0.3) is 0 Å². The molecular weight excluding hydrogens is 224 g/mol. The zero-order chi connectivity index (χ0) is 13.5. The lowest BCUT2D eigenvalue weighted by Gasteiger charge is -1.98. The third kappa shape index (κ3) is 15.2. The highest BCUT2D eigenvalue weighted by atomic mass is 16.4. The summed E-state index contributed by atoms with van der Waals surface area (Å²) >= 11 is 0. The Hall–Kier alpha value is -0.790. The molecule has 0 amide bonds. The van der Waals surface area contributed by atoms with E-state index in [0.717, 1.165) is 25.7 Å². The Morgan fingerprint density at radius 3 is 1.83 bits per heavy atom. The molecule has 18 heavy (non-hydrogen) atoms. The summed E-state index contributed by atoms with van der Waals surface area (Å²) in [6.07, 6.45) is 18.3. The van der Waals surface area contributed by atoms with Crippen molar-refractivity contribution in [2.24, 2.45) is 0 Å². The van der Waals surface area contributed by atoms with Gasteiger partial charge in [0, 0.05) is 6.42 Å². The highest BCUT2D eigenvalue weighted by Crippen LogP contribution is 2.08. The number of carboxylic acid groups (broad SMARTS) is 1. The Morgan fingerprint density at radius 1 is 0.833 bits per heavy atom. The van der Waals surface area contributed by atoms with Gasteiger partial charge in [-0.15, -0.1) is 0 Å². The molecule has 106 valence electrons. The highest BCUT2D eigenvalue weighted by molar-refractivity contribution is 5.66. The fourth-order valence-electron chi connectivity index (χ4n) is 1.99. The fraction of sp³-hybridized carbons (Fsp3) is 0.812. The predicted octanol–water partition coefficient (Wildman–Crippen LogP) is 5.33. The predicted molar refractivity (Wildman–Crippen MR) is 77.9 cm³/mol. The third-order valence-corrected chi connectivity index (χ3v) is 3.15. The lowest BCUT2D eigenvalue weighted by Crippen LogP contribution is -1.93. The Labute approximate surface area is 112 Å². The Bertz CT molecular complexity index is 209.